The number of aliphatic hydroxyl groups is 2. The van der Waals surface area contributed by atoms with Crippen LogP contribution in [0.1, 0.15) is 70.3 Å². The normalized spacial score (nSPS) is 17.3. The number of nitrogens with one attached hydrogen (secondary N) is 3. The molecule has 0 heterocycles. The predicted octanol–water partition coefficient (Wildman–Crippen LogP) is 1.81. The molecule has 1 saturated carbocycles. The average Bonchev–Trinajstić information content (AvgIpc) is 3.02. The summed E-state index contributed by atoms with van der Waals surface area (Å²) < 4.78 is 27.9. The van der Waals surface area contributed by atoms with Crippen molar-refractivity contribution < 1.29 is 28.2 Å². The van der Waals surface area contributed by atoms with Gasteiger partial charge in [0.2, 0.25) is 21.8 Å². The monoisotopic (exact) mass is 644 g/mol. The molecule has 11 heteroatoms. The SMILES string of the molecule is C#CCC(O)[C@H](O)C(CC1CCCCC1)NC(=O)[C@H](CC#C)NC(=O)C(Cc1ccccc1)CS(=O)(=O)N(C)CCNCCC. The Bertz CT molecular complexity index is 1220. The van der Waals surface area contributed by atoms with Crippen molar-refractivity contribution in [3.8, 4) is 24.7 Å². The molecule has 2 rings (SSSR count). The average molecular weight is 645 g/mol. The number of likely N-dealkylation sites (N-methyl/N-ethyl adjacent to an activating group) is 1. The second kappa shape index (κ2) is 20.2. The van der Waals surface area contributed by atoms with E-state index in [1.807, 2.05) is 37.3 Å². The van der Waals surface area contributed by atoms with Gasteiger partial charge in [-0.2, -0.15) is 0 Å². The van der Waals surface area contributed by atoms with Crippen LogP contribution in [-0.2, 0) is 26.0 Å². The van der Waals surface area contributed by atoms with Crippen molar-refractivity contribution in [1.82, 2.24) is 20.3 Å². The van der Waals surface area contributed by atoms with Crippen LogP contribution in [0.25, 0.3) is 0 Å². The van der Waals surface area contributed by atoms with Crippen molar-refractivity contribution in [1.29, 1.82) is 0 Å². The summed E-state index contributed by atoms with van der Waals surface area (Å²) in [5, 5.41) is 30.1. The molecule has 1 aliphatic carbocycles. The lowest BCUT2D eigenvalue weighted by Gasteiger charge is -2.33. The van der Waals surface area contributed by atoms with Crippen LogP contribution in [0.5, 0.6) is 0 Å². The number of nitrogens with zero attached hydrogens (tertiary/aromatic N) is 1. The van der Waals surface area contributed by atoms with Gasteiger partial charge in [-0.05, 0) is 37.3 Å². The maximum absolute atomic E-state index is 13.7. The fraction of sp³-hybridized carbons (Fsp3) is 0.647. The Morgan fingerprint density at radius 2 is 1.67 bits per heavy atom. The first-order valence-corrected chi connectivity index (χ1v) is 17.7. The summed E-state index contributed by atoms with van der Waals surface area (Å²) in [5.74, 6) is 2.33. The van der Waals surface area contributed by atoms with Gasteiger partial charge in [0.25, 0.3) is 0 Å². The van der Waals surface area contributed by atoms with E-state index < -0.39 is 57.8 Å². The van der Waals surface area contributed by atoms with Crippen molar-refractivity contribution >= 4 is 21.8 Å². The van der Waals surface area contributed by atoms with Crippen LogP contribution >= 0.6 is 0 Å². The Morgan fingerprint density at radius 1 is 1.00 bits per heavy atom. The Labute approximate surface area is 270 Å². The molecule has 0 spiro atoms. The van der Waals surface area contributed by atoms with Gasteiger partial charge in [0.15, 0.2) is 0 Å². The van der Waals surface area contributed by atoms with E-state index >= 15 is 0 Å². The number of rotatable bonds is 20. The molecular weight excluding hydrogens is 592 g/mol. The maximum Gasteiger partial charge on any atom is 0.243 e. The third-order valence-electron chi connectivity index (χ3n) is 8.34. The summed E-state index contributed by atoms with van der Waals surface area (Å²) in [7, 11) is -2.34. The van der Waals surface area contributed by atoms with Crippen LogP contribution in [0, 0.1) is 36.5 Å². The Hall–Kier alpha value is -2.93. The van der Waals surface area contributed by atoms with Crippen LogP contribution in [0.2, 0.25) is 0 Å². The molecule has 0 aromatic heterocycles. The molecule has 5 N–H and O–H groups in total. The Balaban J connectivity index is 2.24. The fourth-order valence-corrected chi connectivity index (χ4v) is 7.06. The molecule has 1 aromatic rings. The summed E-state index contributed by atoms with van der Waals surface area (Å²) in [5.41, 5.74) is 0.774. The van der Waals surface area contributed by atoms with E-state index in [0.29, 0.717) is 13.0 Å². The minimum atomic E-state index is -3.83. The number of carbonyl (C=O) groups is 2. The summed E-state index contributed by atoms with van der Waals surface area (Å²) in [6.45, 7) is 3.52. The highest BCUT2D eigenvalue weighted by Gasteiger charge is 2.34. The number of sulfonamides is 1. The van der Waals surface area contributed by atoms with E-state index in [1.165, 1.54) is 11.4 Å². The van der Waals surface area contributed by atoms with E-state index in [2.05, 4.69) is 27.8 Å². The van der Waals surface area contributed by atoms with Crippen molar-refractivity contribution in [3.05, 3.63) is 35.9 Å². The maximum atomic E-state index is 13.7. The molecule has 1 aromatic carbocycles. The van der Waals surface area contributed by atoms with E-state index in [1.54, 1.807) is 0 Å². The molecule has 5 atom stereocenters. The smallest absolute Gasteiger partial charge is 0.243 e. The highest BCUT2D eigenvalue weighted by Crippen LogP contribution is 2.28. The van der Waals surface area contributed by atoms with E-state index in [9.17, 15) is 28.2 Å². The van der Waals surface area contributed by atoms with Gasteiger partial charge in [0, 0.05) is 33.0 Å². The first kappa shape index (κ1) is 38.3. The van der Waals surface area contributed by atoms with Crippen molar-refractivity contribution in [3.63, 3.8) is 0 Å². The molecule has 0 bridgehead atoms. The summed E-state index contributed by atoms with van der Waals surface area (Å²) in [4.78, 5) is 27.3. The fourth-order valence-electron chi connectivity index (χ4n) is 5.66. The lowest BCUT2D eigenvalue weighted by Crippen LogP contribution is -2.56. The lowest BCUT2D eigenvalue weighted by molar-refractivity contribution is -0.132. The van der Waals surface area contributed by atoms with E-state index in [-0.39, 0.29) is 31.7 Å². The highest BCUT2D eigenvalue weighted by atomic mass is 32.2. The third kappa shape index (κ3) is 13.5. The summed E-state index contributed by atoms with van der Waals surface area (Å²) in [6.07, 6.45) is 14.8. The number of amides is 2. The van der Waals surface area contributed by atoms with Gasteiger partial charge in [0.05, 0.1) is 23.8 Å². The van der Waals surface area contributed by atoms with Gasteiger partial charge >= 0.3 is 0 Å². The van der Waals surface area contributed by atoms with Gasteiger partial charge in [-0.1, -0.05) is 69.4 Å². The molecule has 10 nitrogen and oxygen atoms in total. The summed E-state index contributed by atoms with van der Waals surface area (Å²) >= 11 is 0. The largest absolute Gasteiger partial charge is 0.389 e. The zero-order valence-electron chi connectivity index (χ0n) is 26.8. The minimum absolute atomic E-state index is 0.0819. The van der Waals surface area contributed by atoms with Gasteiger partial charge in [-0.25, -0.2) is 12.7 Å². The molecule has 45 heavy (non-hydrogen) atoms. The van der Waals surface area contributed by atoms with Gasteiger partial charge in [-0.15, -0.1) is 24.7 Å². The van der Waals surface area contributed by atoms with Crippen LogP contribution in [0.4, 0.5) is 0 Å². The van der Waals surface area contributed by atoms with Crippen molar-refractivity contribution in [2.24, 2.45) is 11.8 Å². The zero-order chi connectivity index (χ0) is 33.2. The number of benzene rings is 1. The molecule has 0 aliphatic heterocycles. The van der Waals surface area contributed by atoms with Gasteiger partial charge in [0.1, 0.15) is 12.1 Å². The highest BCUT2D eigenvalue weighted by molar-refractivity contribution is 7.89. The van der Waals surface area contributed by atoms with Gasteiger partial charge in [-0.3, -0.25) is 9.59 Å². The standard InChI is InChI=1S/C34H52N4O6S/c1-5-14-29(34(42)37-30(32(40)31(39)15-6-2)24-27-18-12-9-13-19-27)36-33(41)28(23-26-16-10-8-11-17-26)25-45(43,44)38(4)22-21-35-20-7-3/h1-2,8,10-11,16-17,27-32,35,39-40H,7,9,12-15,18-25H2,3-4H3,(H,36,41)(H,37,42)/t28?,29-,30?,31?,32+/m0/s1. The second-order valence-electron chi connectivity index (χ2n) is 12.0. The second-order valence-corrected chi connectivity index (χ2v) is 14.1. The van der Waals surface area contributed by atoms with Crippen LogP contribution < -0.4 is 16.0 Å². The molecule has 250 valence electrons. The molecule has 0 saturated heterocycles. The Morgan fingerprint density at radius 3 is 2.29 bits per heavy atom. The minimum Gasteiger partial charge on any atom is -0.389 e. The van der Waals surface area contributed by atoms with E-state index in [0.717, 1.165) is 50.6 Å². The molecule has 2 amide bonds. The molecule has 1 aliphatic rings. The van der Waals surface area contributed by atoms with Crippen LogP contribution in [0.3, 0.4) is 0 Å². The van der Waals surface area contributed by atoms with Crippen molar-refractivity contribution in [2.45, 2.75) is 95.4 Å². The third-order valence-corrected chi connectivity index (χ3v) is 10.3. The van der Waals surface area contributed by atoms with Crippen molar-refractivity contribution in [2.75, 3.05) is 32.4 Å². The molecule has 1 fully saturated rings. The summed E-state index contributed by atoms with van der Waals surface area (Å²) in [6, 6.07) is 7.10. The predicted molar refractivity (Wildman–Crippen MR) is 177 cm³/mol. The number of hydrogen-bond acceptors (Lipinski definition) is 7. The molecule has 0 radical (unpaired) electrons. The van der Waals surface area contributed by atoms with Crippen LogP contribution in [0.15, 0.2) is 30.3 Å². The number of carbonyl (C=O) groups excluding carboxylic acids is 2. The first-order valence-electron chi connectivity index (χ1n) is 16.0. The number of terminal acetylenes is 2. The Kier molecular flexibility index (Phi) is 17.2. The topological polar surface area (TPSA) is 148 Å². The van der Waals surface area contributed by atoms with Gasteiger partial charge < -0.3 is 26.2 Å². The number of aliphatic hydroxyl groups excluding tert-OH is 2. The lowest BCUT2D eigenvalue weighted by atomic mass is 9.82. The molecule has 3 unspecified atom stereocenters. The number of hydrogen-bond donors (Lipinski definition) is 5. The van der Waals surface area contributed by atoms with Crippen LogP contribution in [-0.4, -0.2) is 91.5 Å². The molecular formula is C34H52N4O6S. The zero-order valence-corrected chi connectivity index (χ0v) is 27.6. The quantitative estimate of drug-likeness (QED) is 0.107. The first-order chi connectivity index (χ1) is 21.5. The van der Waals surface area contributed by atoms with E-state index in [4.69, 9.17) is 12.8 Å².